The van der Waals surface area contributed by atoms with Gasteiger partial charge in [-0.3, -0.25) is 9.59 Å². The minimum Gasteiger partial charge on any atom is -0.497 e. The Balaban J connectivity index is 1.32. The number of ether oxygens (including phenoxy) is 1. The van der Waals surface area contributed by atoms with E-state index in [4.69, 9.17) is 4.74 Å². The van der Waals surface area contributed by atoms with Crippen LogP contribution in [0.15, 0.2) is 24.3 Å². The van der Waals surface area contributed by atoms with Crippen LogP contribution in [0, 0.1) is 5.92 Å². The van der Waals surface area contributed by atoms with Gasteiger partial charge in [0.1, 0.15) is 10.8 Å². The largest absolute Gasteiger partial charge is 0.497 e. The molecule has 1 aliphatic heterocycles. The Morgan fingerprint density at radius 2 is 1.97 bits per heavy atom. The van der Waals surface area contributed by atoms with Gasteiger partial charge < -0.3 is 15.0 Å². The fraction of sp³-hybridized carbons (Fsp3) is 0.524. The third-order valence-corrected chi connectivity index (χ3v) is 6.59. The van der Waals surface area contributed by atoms with Crippen LogP contribution >= 0.6 is 11.3 Å². The SMILES string of the molecule is COc1ccc(Cc2nnc(NC(=O)C3CC(=O)N(C4CCCCC4)C3)s2)cc1. The number of aromatic nitrogens is 2. The van der Waals surface area contributed by atoms with Crippen molar-refractivity contribution in [3.05, 3.63) is 34.8 Å². The average molecular weight is 415 g/mol. The molecule has 7 nitrogen and oxygen atoms in total. The van der Waals surface area contributed by atoms with Gasteiger partial charge in [0.05, 0.1) is 13.0 Å². The minimum atomic E-state index is -0.307. The molecule has 2 heterocycles. The zero-order valence-corrected chi connectivity index (χ0v) is 17.4. The molecule has 1 atom stereocenters. The van der Waals surface area contributed by atoms with E-state index in [0.717, 1.165) is 29.2 Å². The molecule has 1 aliphatic carbocycles. The van der Waals surface area contributed by atoms with E-state index in [1.807, 2.05) is 29.2 Å². The van der Waals surface area contributed by atoms with Gasteiger partial charge in [0.25, 0.3) is 0 Å². The second-order valence-electron chi connectivity index (χ2n) is 7.75. The molecule has 2 amide bonds. The summed E-state index contributed by atoms with van der Waals surface area (Å²) in [5.41, 5.74) is 1.10. The lowest BCUT2D eigenvalue weighted by atomic mass is 9.94. The second-order valence-corrected chi connectivity index (χ2v) is 8.82. The maximum Gasteiger partial charge on any atom is 0.231 e. The van der Waals surface area contributed by atoms with Crippen molar-refractivity contribution >= 4 is 28.3 Å². The fourth-order valence-electron chi connectivity index (χ4n) is 4.15. The topological polar surface area (TPSA) is 84.4 Å². The van der Waals surface area contributed by atoms with Crippen molar-refractivity contribution in [2.24, 2.45) is 5.92 Å². The number of nitrogens with one attached hydrogen (secondary N) is 1. The summed E-state index contributed by atoms with van der Waals surface area (Å²) in [6.07, 6.45) is 6.66. The van der Waals surface area contributed by atoms with Gasteiger partial charge in [0, 0.05) is 25.4 Å². The zero-order valence-electron chi connectivity index (χ0n) is 16.6. The summed E-state index contributed by atoms with van der Waals surface area (Å²) in [4.78, 5) is 27.0. The van der Waals surface area contributed by atoms with Crippen LogP contribution in [0.5, 0.6) is 5.75 Å². The normalized spacial score (nSPS) is 20.1. The second kappa shape index (κ2) is 8.90. The Labute approximate surface area is 174 Å². The highest BCUT2D eigenvalue weighted by Crippen LogP contribution is 2.29. The predicted molar refractivity (Wildman–Crippen MR) is 111 cm³/mol. The summed E-state index contributed by atoms with van der Waals surface area (Å²) in [6, 6.07) is 8.11. The fourth-order valence-corrected chi connectivity index (χ4v) is 4.93. The van der Waals surface area contributed by atoms with E-state index in [2.05, 4.69) is 15.5 Å². The first-order valence-electron chi connectivity index (χ1n) is 10.2. The Morgan fingerprint density at radius 3 is 2.69 bits per heavy atom. The lowest BCUT2D eigenvalue weighted by molar-refractivity contribution is -0.130. The van der Waals surface area contributed by atoms with Crippen molar-refractivity contribution in [2.75, 3.05) is 19.0 Å². The molecule has 0 radical (unpaired) electrons. The first kappa shape index (κ1) is 19.8. The van der Waals surface area contributed by atoms with Crippen LogP contribution in [-0.4, -0.2) is 46.6 Å². The Bertz CT molecular complexity index is 861. The molecule has 1 N–H and O–H groups in total. The summed E-state index contributed by atoms with van der Waals surface area (Å²) in [7, 11) is 1.64. The number of carbonyl (C=O) groups is 2. The third-order valence-electron chi connectivity index (χ3n) is 5.76. The van der Waals surface area contributed by atoms with Gasteiger partial charge in [-0.15, -0.1) is 10.2 Å². The van der Waals surface area contributed by atoms with Crippen LogP contribution in [0.3, 0.4) is 0 Å². The van der Waals surface area contributed by atoms with Gasteiger partial charge in [-0.2, -0.15) is 0 Å². The highest BCUT2D eigenvalue weighted by Gasteiger charge is 2.38. The number of hydrogen-bond donors (Lipinski definition) is 1. The Hall–Kier alpha value is -2.48. The lowest BCUT2D eigenvalue weighted by Gasteiger charge is -2.31. The number of carbonyl (C=O) groups excluding carboxylic acids is 2. The number of anilines is 1. The van der Waals surface area contributed by atoms with E-state index in [9.17, 15) is 9.59 Å². The number of hydrogen-bond acceptors (Lipinski definition) is 6. The summed E-state index contributed by atoms with van der Waals surface area (Å²) in [5.74, 6) is 0.476. The van der Waals surface area contributed by atoms with E-state index in [1.165, 1.54) is 30.6 Å². The molecule has 1 aromatic heterocycles. The molecule has 29 heavy (non-hydrogen) atoms. The molecule has 2 aromatic rings. The lowest BCUT2D eigenvalue weighted by Crippen LogP contribution is -2.38. The van der Waals surface area contributed by atoms with Crippen LogP contribution in [-0.2, 0) is 16.0 Å². The van der Waals surface area contributed by atoms with Gasteiger partial charge in [-0.05, 0) is 30.5 Å². The molecule has 1 saturated heterocycles. The first-order chi connectivity index (χ1) is 14.1. The number of rotatable bonds is 6. The van der Waals surface area contributed by atoms with Crippen molar-refractivity contribution in [1.29, 1.82) is 0 Å². The van der Waals surface area contributed by atoms with E-state index in [0.29, 0.717) is 30.6 Å². The number of amides is 2. The number of benzene rings is 1. The quantitative estimate of drug-likeness (QED) is 0.784. The van der Waals surface area contributed by atoms with Crippen molar-refractivity contribution in [1.82, 2.24) is 15.1 Å². The maximum absolute atomic E-state index is 12.7. The van der Waals surface area contributed by atoms with Crippen LogP contribution in [0.1, 0.15) is 49.1 Å². The highest BCUT2D eigenvalue weighted by molar-refractivity contribution is 7.15. The van der Waals surface area contributed by atoms with E-state index >= 15 is 0 Å². The van der Waals surface area contributed by atoms with E-state index < -0.39 is 0 Å². The van der Waals surface area contributed by atoms with Crippen LogP contribution in [0.4, 0.5) is 5.13 Å². The minimum absolute atomic E-state index is 0.106. The summed E-state index contributed by atoms with van der Waals surface area (Å²) in [6.45, 7) is 0.521. The van der Waals surface area contributed by atoms with Gasteiger partial charge in [0.15, 0.2) is 0 Å². The molecular formula is C21H26N4O3S. The molecule has 2 fully saturated rings. The van der Waals surface area contributed by atoms with Crippen molar-refractivity contribution in [2.45, 2.75) is 51.0 Å². The predicted octanol–water partition coefficient (Wildman–Crippen LogP) is 3.26. The first-order valence-corrected chi connectivity index (χ1v) is 11.0. The molecule has 8 heteroatoms. The monoisotopic (exact) mass is 414 g/mol. The average Bonchev–Trinajstić information content (AvgIpc) is 3.35. The molecule has 1 unspecified atom stereocenters. The molecule has 1 aromatic carbocycles. The molecule has 4 rings (SSSR count). The highest BCUT2D eigenvalue weighted by atomic mass is 32.1. The van der Waals surface area contributed by atoms with Crippen LogP contribution < -0.4 is 10.1 Å². The Morgan fingerprint density at radius 1 is 1.21 bits per heavy atom. The van der Waals surface area contributed by atoms with Crippen molar-refractivity contribution in [3.8, 4) is 5.75 Å². The Kier molecular flexibility index (Phi) is 6.08. The molecule has 1 saturated carbocycles. The molecule has 154 valence electrons. The van der Waals surface area contributed by atoms with Gasteiger partial charge in [-0.1, -0.05) is 42.7 Å². The zero-order chi connectivity index (χ0) is 20.2. The standard InChI is InChI=1S/C21H26N4O3S/c1-28-17-9-7-14(8-10-17)11-18-23-24-21(29-18)22-20(27)15-12-19(26)25(13-15)16-5-3-2-4-6-16/h7-10,15-16H,2-6,11-13H2,1H3,(H,22,24,27). The van der Waals surface area contributed by atoms with Crippen molar-refractivity contribution < 1.29 is 14.3 Å². The molecule has 0 bridgehead atoms. The number of likely N-dealkylation sites (tertiary alicyclic amines) is 1. The third kappa shape index (κ3) is 4.75. The van der Waals surface area contributed by atoms with Gasteiger partial charge in [-0.25, -0.2) is 0 Å². The summed E-state index contributed by atoms with van der Waals surface area (Å²) < 4.78 is 5.17. The molecular weight excluding hydrogens is 388 g/mol. The van der Waals surface area contributed by atoms with Gasteiger partial charge in [0.2, 0.25) is 16.9 Å². The van der Waals surface area contributed by atoms with E-state index in [1.54, 1.807) is 7.11 Å². The number of nitrogens with zero attached hydrogens (tertiary/aromatic N) is 3. The van der Waals surface area contributed by atoms with Crippen molar-refractivity contribution in [3.63, 3.8) is 0 Å². The maximum atomic E-state index is 12.7. The van der Waals surface area contributed by atoms with Crippen LogP contribution in [0.25, 0.3) is 0 Å². The summed E-state index contributed by atoms with van der Waals surface area (Å²) in [5, 5.41) is 12.5. The number of methoxy groups -OCH3 is 1. The molecule has 2 aliphatic rings. The molecule has 0 spiro atoms. The van der Waals surface area contributed by atoms with Gasteiger partial charge >= 0.3 is 0 Å². The smallest absolute Gasteiger partial charge is 0.231 e. The van der Waals surface area contributed by atoms with Crippen LogP contribution in [0.2, 0.25) is 0 Å². The van der Waals surface area contributed by atoms with E-state index in [-0.39, 0.29) is 17.7 Å². The summed E-state index contributed by atoms with van der Waals surface area (Å²) >= 11 is 1.37.